The van der Waals surface area contributed by atoms with Gasteiger partial charge in [0.05, 0.1) is 5.25 Å². The first-order valence-corrected chi connectivity index (χ1v) is 10.3. The van der Waals surface area contributed by atoms with Crippen LogP contribution in [0.2, 0.25) is 0 Å². The van der Waals surface area contributed by atoms with Gasteiger partial charge in [-0.05, 0) is 48.8 Å². The van der Waals surface area contributed by atoms with Crippen molar-refractivity contribution in [3.05, 3.63) is 29.6 Å². The van der Waals surface area contributed by atoms with Gasteiger partial charge in [-0.1, -0.05) is 6.42 Å². The highest BCUT2D eigenvalue weighted by atomic mass is 32.2. The lowest BCUT2D eigenvalue weighted by molar-refractivity contribution is 0.421. The third-order valence-electron chi connectivity index (χ3n) is 4.43. The Hall–Kier alpha value is -0.590. The summed E-state index contributed by atoms with van der Waals surface area (Å²) < 4.78 is 37.3. The Morgan fingerprint density at radius 2 is 2.10 bits per heavy atom. The fraction of sp³-hybridized carbons (Fsp3) is 0.600. The molecule has 1 heterocycles. The van der Waals surface area contributed by atoms with E-state index < -0.39 is 9.84 Å². The Labute approximate surface area is 129 Å². The molecule has 0 spiro atoms. The van der Waals surface area contributed by atoms with Gasteiger partial charge in [0.25, 0.3) is 0 Å². The van der Waals surface area contributed by atoms with Crippen LogP contribution >= 0.6 is 11.8 Å². The zero-order valence-corrected chi connectivity index (χ0v) is 13.6. The maximum Gasteiger partial charge on any atom is 0.151 e. The number of benzene rings is 1. The fourth-order valence-electron chi connectivity index (χ4n) is 3.43. The molecule has 0 radical (unpaired) electrons. The maximum absolute atomic E-state index is 13.5. The summed E-state index contributed by atoms with van der Waals surface area (Å²) in [5.74, 6) is 0.751. The van der Waals surface area contributed by atoms with Gasteiger partial charge in [-0.3, -0.25) is 0 Å². The molecule has 3 rings (SSSR count). The summed E-state index contributed by atoms with van der Waals surface area (Å²) in [6, 6.07) is 4.95. The Morgan fingerprint density at radius 1 is 1.29 bits per heavy atom. The van der Waals surface area contributed by atoms with Gasteiger partial charge in [-0.2, -0.15) is 0 Å². The van der Waals surface area contributed by atoms with Crippen molar-refractivity contribution in [1.29, 1.82) is 0 Å². The van der Waals surface area contributed by atoms with E-state index in [1.165, 1.54) is 12.3 Å². The van der Waals surface area contributed by atoms with Crippen molar-refractivity contribution in [2.45, 2.75) is 47.9 Å². The average Bonchev–Trinajstić information content (AvgIpc) is 2.88. The molecule has 1 saturated carbocycles. The standard InChI is InChI=1S/C15H20FNO2S2/c1-21(18,19)15-4-2-3-13(15)17-12-7-8-20-14-6-5-10(16)9-11(12)14/h5-6,9,12-13,15,17H,2-4,7-8H2,1H3. The number of fused-ring (bicyclic) bond motifs is 1. The minimum atomic E-state index is -3.03. The van der Waals surface area contributed by atoms with Crippen LogP contribution in [0.3, 0.4) is 0 Å². The lowest BCUT2D eigenvalue weighted by atomic mass is 10.0. The largest absolute Gasteiger partial charge is 0.306 e. The van der Waals surface area contributed by atoms with Crippen LogP contribution in [0.4, 0.5) is 4.39 Å². The number of rotatable bonds is 3. The van der Waals surface area contributed by atoms with Crippen LogP contribution in [0, 0.1) is 5.82 Å². The average molecular weight is 329 g/mol. The predicted molar refractivity (Wildman–Crippen MR) is 83.9 cm³/mol. The zero-order chi connectivity index (χ0) is 15.0. The second-order valence-corrected chi connectivity index (χ2v) is 9.35. The third-order valence-corrected chi connectivity index (χ3v) is 7.22. The van der Waals surface area contributed by atoms with Crippen molar-refractivity contribution in [3.63, 3.8) is 0 Å². The minimum Gasteiger partial charge on any atom is -0.306 e. The van der Waals surface area contributed by atoms with Crippen molar-refractivity contribution >= 4 is 21.6 Å². The first-order valence-electron chi connectivity index (χ1n) is 7.32. The topological polar surface area (TPSA) is 46.2 Å². The monoisotopic (exact) mass is 329 g/mol. The molecular formula is C15H20FNO2S2. The molecule has 0 amide bonds. The maximum atomic E-state index is 13.5. The Balaban J connectivity index is 1.82. The van der Waals surface area contributed by atoms with Crippen LogP contribution in [-0.2, 0) is 9.84 Å². The van der Waals surface area contributed by atoms with E-state index in [1.807, 2.05) is 6.07 Å². The second kappa shape index (κ2) is 5.89. The summed E-state index contributed by atoms with van der Waals surface area (Å²) in [5, 5.41) is 3.20. The van der Waals surface area contributed by atoms with Crippen molar-refractivity contribution in [2.75, 3.05) is 12.0 Å². The van der Waals surface area contributed by atoms with E-state index in [0.717, 1.165) is 41.9 Å². The molecule has 1 aromatic carbocycles. The highest BCUT2D eigenvalue weighted by molar-refractivity contribution is 7.99. The normalized spacial score (nSPS) is 29.3. The summed E-state index contributed by atoms with van der Waals surface area (Å²) in [6.07, 6.45) is 4.78. The number of nitrogens with one attached hydrogen (secondary N) is 1. The molecule has 1 aliphatic carbocycles. The first kappa shape index (κ1) is 15.3. The molecule has 6 heteroatoms. The highest BCUT2D eigenvalue weighted by Gasteiger charge is 2.36. The number of hydrogen-bond acceptors (Lipinski definition) is 4. The van der Waals surface area contributed by atoms with Crippen LogP contribution in [0.5, 0.6) is 0 Å². The van der Waals surface area contributed by atoms with Crippen LogP contribution < -0.4 is 5.32 Å². The van der Waals surface area contributed by atoms with E-state index >= 15 is 0 Å². The second-order valence-electron chi connectivity index (χ2n) is 5.94. The minimum absolute atomic E-state index is 0.00998. The molecule has 1 fully saturated rings. The molecule has 21 heavy (non-hydrogen) atoms. The Kier molecular flexibility index (Phi) is 4.30. The lowest BCUT2D eigenvalue weighted by Crippen LogP contribution is -2.42. The molecule has 3 atom stereocenters. The number of thioether (sulfide) groups is 1. The Bertz CT molecular complexity index is 633. The molecule has 3 unspecified atom stereocenters. The molecular weight excluding hydrogens is 309 g/mol. The van der Waals surface area contributed by atoms with E-state index in [1.54, 1.807) is 17.8 Å². The van der Waals surface area contributed by atoms with E-state index in [2.05, 4.69) is 5.32 Å². The molecule has 1 aliphatic heterocycles. The lowest BCUT2D eigenvalue weighted by Gasteiger charge is -2.30. The van der Waals surface area contributed by atoms with Crippen molar-refractivity contribution in [1.82, 2.24) is 5.32 Å². The summed E-state index contributed by atoms with van der Waals surface area (Å²) >= 11 is 1.74. The molecule has 2 aliphatic rings. The van der Waals surface area contributed by atoms with Gasteiger partial charge in [0.2, 0.25) is 0 Å². The predicted octanol–water partition coefficient (Wildman–Crippen LogP) is 2.92. The number of hydrogen-bond donors (Lipinski definition) is 1. The summed E-state index contributed by atoms with van der Waals surface area (Å²) in [5.41, 5.74) is 0.977. The summed E-state index contributed by atoms with van der Waals surface area (Å²) in [6.45, 7) is 0. The quantitative estimate of drug-likeness (QED) is 0.926. The van der Waals surface area contributed by atoms with E-state index in [4.69, 9.17) is 0 Å². The molecule has 0 saturated heterocycles. The van der Waals surface area contributed by atoms with Gasteiger partial charge in [-0.15, -0.1) is 11.8 Å². The summed E-state index contributed by atoms with van der Waals surface area (Å²) in [7, 11) is -3.03. The van der Waals surface area contributed by atoms with Gasteiger partial charge in [0.1, 0.15) is 5.82 Å². The molecule has 1 aromatic rings. The van der Waals surface area contributed by atoms with Crippen molar-refractivity contribution in [2.24, 2.45) is 0 Å². The molecule has 0 bridgehead atoms. The van der Waals surface area contributed by atoms with Gasteiger partial charge >= 0.3 is 0 Å². The Morgan fingerprint density at radius 3 is 2.86 bits per heavy atom. The van der Waals surface area contributed by atoms with Gasteiger partial charge in [0.15, 0.2) is 9.84 Å². The van der Waals surface area contributed by atoms with Crippen LogP contribution in [0.15, 0.2) is 23.1 Å². The number of halogens is 1. The zero-order valence-electron chi connectivity index (χ0n) is 12.0. The summed E-state index contributed by atoms with van der Waals surface area (Å²) in [4.78, 5) is 1.11. The van der Waals surface area contributed by atoms with E-state index in [-0.39, 0.29) is 23.2 Å². The fourth-order valence-corrected chi connectivity index (χ4v) is 5.94. The SMILES string of the molecule is CS(=O)(=O)C1CCCC1NC1CCSc2ccc(F)cc21. The van der Waals surface area contributed by atoms with Crippen LogP contribution in [0.25, 0.3) is 0 Å². The van der Waals surface area contributed by atoms with Crippen LogP contribution in [-0.4, -0.2) is 31.7 Å². The van der Waals surface area contributed by atoms with Gasteiger partial charge < -0.3 is 5.32 Å². The van der Waals surface area contributed by atoms with Crippen molar-refractivity contribution in [3.8, 4) is 0 Å². The number of sulfone groups is 1. The smallest absolute Gasteiger partial charge is 0.151 e. The third kappa shape index (κ3) is 3.27. The molecule has 1 N–H and O–H groups in total. The van der Waals surface area contributed by atoms with E-state index in [9.17, 15) is 12.8 Å². The van der Waals surface area contributed by atoms with Crippen molar-refractivity contribution < 1.29 is 12.8 Å². The van der Waals surface area contributed by atoms with E-state index in [0.29, 0.717) is 0 Å². The first-order chi connectivity index (χ1) is 9.95. The molecule has 0 aromatic heterocycles. The molecule has 3 nitrogen and oxygen atoms in total. The highest BCUT2D eigenvalue weighted by Crippen LogP contribution is 2.38. The van der Waals surface area contributed by atoms with Gasteiger partial charge in [0, 0.05) is 23.2 Å². The molecule has 116 valence electrons. The van der Waals surface area contributed by atoms with Gasteiger partial charge in [-0.25, -0.2) is 12.8 Å². The van der Waals surface area contributed by atoms with Crippen LogP contribution in [0.1, 0.15) is 37.3 Å².